The third-order valence-electron chi connectivity index (χ3n) is 5.49. The van der Waals surface area contributed by atoms with Crippen LogP contribution in [0.1, 0.15) is 32.0 Å². The highest BCUT2D eigenvalue weighted by Crippen LogP contribution is 2.42. The van der Waals surface area contributed by atoms with Gasteiger partial charge in [0, 0.05) is 28.8 Å². The molecule has 0 unspecified atom stereocenters. The molecule has 0 N–H and O–H groups in total. The lowest BCUT2D eigenvalue weighted by atomic mass is 9.70. The van der Waals surface area contributed by atoms with E-state index in [1.807, 2.05) is 4.40 Å². The molecular weight excluding hydrogens is 369 g/mol. The summed E-state index contributed by atoms with van der Waals surface area (Å²) in [7, 11) is 0. The Morgan fingerprint density at radius 1 is 1.04 bits per heavy atom. The number of aromatic nitrogens is 4. The van der Waals surface area contributed by atoms with E-state index in [4.69, 9.17) is 4.42 Å². The molecule has 0 saturated heterocycles. The number of hydrogen-bond acceptors (Lipinski definition) is 4. The summed E-state index contributed by atoms with van der Waals surface area (Å²) < 4.78 is 48.6. The van der Waals surface area contributed by atoms with Gasteiger partial charge in [-0.05, 0) is 31.0 Å². The summed E-state index contributed by atoms with van der Waals surface area (Å²) in [6.45, 7) is 2.15. The van der Waals surface area contributed by atoms with Gasteiger partial charge in [0.05, 0.1) is 0 Å². The quantitative estimate of drug-likeness (QED) is 0.471. The van der Waals surface area contributed by atoms with Gasteiger partial charge in [0.1, 0.15) is 17.3 Å². The van der Waals surface area contributed by atoms with Gasteiger partial charge < -0.3 is 4.42 Å². The third kappa shape index (κ3) is 2.44. The molecule has 4 aromatic rings. The molecular formula is C20H15F3N4O. The highest BCUT2D eigenvalue weighted by atomic mass is 19.2. The van der Waals surface area contributed by atoms with Gasteiger partial charge in [0.2, 0.25) is 0 Å². The van der Waals surface area contributed by atoms with Crippen molar-refractivity contribution in [3.05, 3.63) is 60.1 Å². The molecule has 0 amide bonds. The van der Waals surface area contributed by atoms with Crippen LogP contribution in [-0.4, -0.2) is 19.6 Å². The summed E-state index contributed by atoms with van der Waals surface area (Å²) in [4.78, 5) is 4.02. The van der Waals surface area contributed by atoms with Crippen molar-refractivity contribution in [2.45, 2.75) is 31.6 Å². The van der Waals surface area contributed by atoms with Gasteiger partial charge in [-0.3, -0.25) is 4.40 Å². The first-order chi connectivity index (χ1) is 13.5. The van der Waals surface area contributed by atoms with E-state index < -0.39 is 17.5 Å². The Kier molecular flexibility index (Phi) is 3.59. The maximum Gasteiger partial charge on any atom is 0.182 e. The Balaban J connectivity index is 1.66. The first-order valence-corrected chi connectivity index (χ1v) is 8.90. The van der Waals surface area contributed by atoms with Crippen LogP contribution in [0.3, 0.4) is 0 Å². The van der Waals surface area contributed by atoms with Crippen LogP contribution in [0.4, 0.5) is 13.2 Å². The zero-order valence-electron chi connectivity index (χ0n) is 14.9. The van der Waals surface area contributed by atoms with Crippen molar-refractivity contribution in [3.63, 3.8) is 0 Å². The van der Waals surface area contributed by atoms with E-state index in [1.165, 1.54) is 0 Å². The van der Waals surface area contributed by atoms with E-state index in [0.29, 0.717) is 17.3 Å². The molecule has 28 heavy (non-hydrogen) atoms. The highest BCUT2D eigenvalue weighted by molar-refractivity contribution is 5.77. The molecule has 8 heteroatoms. The molecule has 0 spiro atoms. The number of rotatable bonds is 3. The largest absolute Gasteiger partial charge is 0.443 e. The molecule has 3 heterocycles. The van der Waals surface area contributed by atoms with Gasteiger partial charge in [-0.25, -0.2) is 18.2 Å². The SMILES string of the molecule is CC1(c2nnc3ccc(-c4ocnc4-c4cc(F)c(F)cc4F)cn23)CCC1. The van der Waals surface area contributed by atoms with Crippen LogP contribution in [0.2, 0.25) is 0 Å². The van der Waals surface area contributed by atoms with Gasteiger partial charge in [0.25, 0.3) is 0 Å². The predicted molar refractivity (Wildman–Crippen MR) is 95.0 cm³/mol. The lowest BCUT2D eigenvalue weighted by Gasteiger charge is -2.36. The lowest BCUT2D eigenvalue weighted by molar-refractivity contribution is 0.254. The molecule has 0 atom stereocenters. The molecule has 5 nitrogen and oxygen atoms in total. The minimum absolute atomic E-state index is 0.0333. The van der Waals surface area contributed by atoms with E-state index in [2.05, 4.69) is 22.1 Å². The Bertz CT molecular complexity index is 1210. The van der Waals surface area contributed by atoms with E-state index in [0.717, 1.165) is 37.5 Å². The van der Waals surface area contributed by atoms with Gasteiger partial charge in [-0.15, -0.1) is 10.2 Å². The predicted octanol–water partition coefficient (Wildman–Crippen LogP) is 4.91. The Morgan fingerprint density at radius 3 is 2.57 bits per heavy atom. The van der Waals surface area contributed by atoms with Crippen LogP contribution >= 0.6 is 0 Å². The summed E-state index contributed by atoms with van der Waals surface area (Å²) in [5, 5.41) is 8.56. The zero-order chi connectivity index (χ0) is 19.5. The average Bonchev–Trinajstić information content (AvgIpc) is 3.29. The van der Waals surface area contributed by atoms with Crippen LogP contribution in [0, 0.1) is 17.5 Å². The van der Waals surface area contributed by atoms with Crippen molar-refractivity contribution in [2.75, 3.05) is 0 Å². The van der Waals surface area contributed by atoms with Crippen LogP contribution in [0.5, 0.6) is 0 Å². The summed E-state index contributed by atoms with van der Waals surface area (Å²) in [6.07, 6.45) is 6.16. The number of pyridine rings is 1. The molecule has 1 aromatic carbocycles. The van der Waals surface area contributed by atoms with Gasteiger partial charge in [-0.1, -0.05) is 13.3 Å². The van der Waals surface area contributed by atoms with E-state index in [-0.39, 0.29) is 22.4 Å². The maximum atomic E-state index is 14.3. The van der Waals surface area contributed by atoms with Crippen molar-refractivity contribution in [3.8, 4) is 22.6 Å². The van der Waals surface area contributed by atoms with Crippen LogP contribution in [0.15, 0.2) is 41.3 Å². The lowest BCUT2D eigenvalue weighted by Crippen LogP contribution is -2.32. The fourth-order valence-electron chi connectivity index (χ4n) is 3.71. The average molecular weight is 384 g/mol. The molecule has 1 saturated carbocycles. The molecule has 142 valence electrons. The number of nitrogens with zero attached hydrogens (tertiary/aromatic N) is 4. The van der Waals surface area contributed by atoms with Crippen molar-refractivity contribution < 1.29 is 17.6 Å². The maximum absolute atomic E-state index is 14.3. The van der Waals surface area contributed by atoms with E-state index in [1.54, 1.807) is 18.3 Å². The standard InChI is InChI=1S/C20H15F3N4O/c1-20(5-2-6-20)19-26-25-16-4-3-11(9-27(16)19)18-17(24-10-28-18)12-7-14(22)15(23)8-13(12)21/h3-4,7-10H,2,5-6H2,1H3. The second-order valence-corrected chi connectivity index (χ2v) is 7.36. The molecule has 5 rings (SSSR count). The first kappa shape index (κ1) is 17.0. The smallest absolute Gasteiger partial charge is 0.182 e. The normalized spacial score (nSPS) is 15.7. The second-order valence-electron chi connectivity index (χ2n) is 7.36. The zero-order valence-corrected chi connectivity index (χ0v) is 14.9. The Hall–Kier alpha value is -3.16. The number of halogens is 3. The third-order valence-corrected chi connectivity index (χ3v) is 5.49. The van der Waals surface area contributed by atoms with Crippen molar-refractivity contribution in [1.29, 1.82) is 0 Å². The van der Waals surface area contributed by atoms with E-state index in [9.17, 15) is 13.2 Å². The van der Waals surface area contributed by atoms with E-state index >= 15 is 0 Å². The minimum atomic E-state index is -1.25. The molecule has 1 fully saturated rings. The molecule has 1 aliphatic carbocycles. The number of benzene rings is 1. The van der Waals surface area contributed by atoms with Crippen LogP contribution in [-0.2, 0) is 5.41 Å². The summed E-state index contributed by atoms with van der Waals surface area (Å²) in [5.41, 5.74) is 1.19. The first-order valence-electron chi connectivity index (χ1n) is 8.90. The summed E-state index contributed by atoms with van der Waals surface area (Å²) in [6, 6.07) is 4.81. The number of oxazole rings is 1. The Labute approximate surface area is 157 Å². The second kappa shape index (κ2) is 5.92. The molecule has 0 bridgehead atoms. The highest BCUT2D eigenvalue weighted by Gasteiger charge is 2.38. The van der Waals surface area contributed by atoms with Gasteiger partial charge >= 0.3 is 0 Å². The van der Waals surface area contributed by atoms with Crippen molar-refractivity contribution in [1.82, 2.24) is 19.6 Å². The minimum Gasteiger partial charge on any atom is -0.443 e. The van der Waals surface area contributed by atoms with Crippen LogP contribution in [0.25, 0.3) is 28.2 Å². The van der Waals surface area contributed by atoms with Gasteiger partial charge in [0.15, 0.2) is 29.4 Å². The fourth-order valence-corrected chi connectivity index (χ4v) is 3.71. The molecule has 1 aliphatic rings. The number of hydrogen-bond donors (Lipinski definition) is 0. The summed E-state index contributed by atoms with van der Waals surface area (Å²) in [5.74, 6) is -2.21. The summed E-state index contributed by atoms with van der Waals surface area (Å²) >= 11 is 0. The Morgan fingerprint density at radius 2 is 1.82 bits per heavy atom. The molecule has 0 radical (unpaired) electrons. The van der Waals surface area contributed by atoms with Crippen LogP contribution < -0.4 is 0 Å². The topological polar surface area (TPSA) is 56.2 Å². The molecule has 0 aliphatic heterocycles. The van der Waals surface area contributed by atoms with Gasteiger partial charge in [-0.2, -0.15) is 0 Å². The van der Waals surface area contributed by atoms with Crippen molar-refractivity contribution in [2.24, 2.45) is 0 Å². The fraction of sp³-hybridized carbons (Fsp3) is 0.250. The molecule has 3 aromatic heterocycles. The number of fused-ring (bicyclic) bond motifs is 1. The monoisotopic (exact) mass is 384 g/mol. The van der Waals surface area contributed by atoms with Crippen molar-refractivity contribution >= 4 is 5.65 Å².